The predicted octanol–water partition coefficient (Wildman–Crippen LogP) is -0.678. The minimum absolute atomic E-state index is 0.388. The maximum Gasteiger partial charge on any atom is 0.0711 e. The quantitative estimate of drug-likeness (QED) is 0.521. The second-order valence-electron chi connectivity index (χ2n) is 2.43. The van der Waals surface area contributed by atoms with E-state index in [1.54, 1.807) is 7.11 Å². The zero-order valence-corrected chi connectivity index (χ0v) is 5.76. The Labute approximate surface area is 55.6 Å². The molecule has 0 radical (unpaired) electrons. The number of nitrogens with two attached hydrogens (primary N) is 1. The molecule has 9 heavy (non-hydrogen) atoms. The highest BCUT2D eigenvalue weighted by molar-refractivity contribution is 4.82. The van der Waals surface area contributed by atoms with Crippen molar-refractivity contribution in [2.75, 3.05) is 20.2 Å². The average molecular weight is 130 g/mol. The van der Waals surface area contributed by atoms with Gasteiger partial charge in [-0.15, -0.1) is 0 Å². The van der Waals surface area contributed by atoms with E-state index in [2.05, 4.69) is 5.32 Å². The first-order valence-electron chi connectivity index (χ1n) is 3.33. The number of nitrogens with one attached hydrogen (secondary N) is 1. The lowest BCUT2D eigenvalue weighted by Crippen LogP contribution is -2.29. The molecule has 0 aromatic rings. The fourth-order valence-corrected chi connectivity index (χ4v) is 1.14. The molecule has 0 bridgehead atoms. The van der Waals surface area contributed by atoms with Crippen LogP contribution in [0, 0.1) is 0 Å². The summed E-state index contributed by atoms with van der Waals surface area (Å²) in [5, 5.41) is 3.26. The van der Waals surface area contributed by atoms with E-state index in [1.807, 2.05) is 0 Å². The van der Waals surface area contributed by atoms with Crippen LogP contribution in [0.5, 0.6) is 0 Å². The van der Waals surface area contributed by atoms with Gasteiger partial charge < -0.3 is 15.8 Å². The molecule has 0 amide bonds. The molecule has 0 unspecified atom stereocenters. The zero-order valence-electron chi connectivity index (χ0n) is 5.76. The maximum atomic E-state index is 5.43. The second kappa shape index (κ2) is 3.15. The first-order chi connectivity index (χ1) is 4.36. The van der Waals surface area contributed by atoms with E-state index >= 15 is 0 Å². The van der Waals surface area contributed by atoms with E-state index in [9.17, 15) is 0 Å². The van der Waals surface area contributed by atoms with Gasteiger partial charge in [0.2, 0.25) is 0 Å². The van der Waals surface area contributed by atoms with Crippen molar-refractivity contribution in [1.29, 1.82) is 0 Å². The Balaban J connectivity index is 2.20. The van der Waals surface area contributed by atoms with Crippen molar-refractivity contribution in [3.05, 3.63) is 0 Å². The van der Waals surface area contributed by atoms with Crippen LogP contribution in [-0.4, -0.2) is 32.3 Å². The predicted molar refractivity (Wildman–Crippen MR) is 36.3 cm³/mol. The molecule has 1 saturated heterocycles. The van der Waals surface area contributed by atoms with Gasteiger partial charge in [-0.05, 0) is 6.42 Å². The summed E-state index contributed by atoms with van der Waals surface area (Å²) in [6.07, 6.45) is 1.45. The van der Waals surface area contributed by atoms with Crippen molar-refractivity contribution in [3.8, 4) is 0 Å². The summed E-state index contributed by atoms with van der Waals surface area (Å²) in [6, 6.07) is 0.481. The standard InChI is InChI=1S/C6H14N2O/c1-9-6-2-5(3-7)8-4-6/h5-6,8H,2-4,7H2,1H3/t5-,6+/m0/s1. The van der Waals surface area contributed by atoms with E-state index in [0.29, 0.717) is 12.1 Å². The molecule has 3 heteroatoms. The van der Waals surface area contributed by atoms with Crippen molar-refractivity contribution >= 4 is 0 Å². The summed E-state index contributed by atoms with van der Waals surface area (Å²) < 4.78 is 5.13. The molecule has 1 fully saturated rings. The topological polar surface area (TPSA) is 47.3 Å². The van der Waals surface area contributed by atoms with E-state index < -0.39 is 0 Å². The Kier molecular flexibility index (Phi) is 2.45. The number of rotatable bonds is 2. The van der Waals surface area contributed by atoms with Gasteiger partial charge in [0, 0.05) is 26.2 Å². The summed E-state index contributed by atoms with van der Waals surface area (Å²) >= 11 is 0. The highest BCUT2D eigenvalue weighted by Gasteiger charge is 2.21. The van der Waals surface area contributed by atoms with Gasteiger partial charge in [0.15, 0.2) is 0 Å². The monoisotopic (exact) mass is 130 g/mol. The third-order valence-electron chi connectivity index (χ3n) is 1.80. The van der Waals surface area contributed by atoms with Gasteiger partial charge in [-0.3, -0.25) is 0 Å². The third-order valence-corrected chi connectivity index (χ3v) is 1.80. The fourth-order valence-electron chi connectivity index (χ4n) is 1.14. The van der Waals surface area contributed by atoms with Crippen molar-refractivity contribution in [1.82, 2.24) is 5.32 Å². The second-order valence-corrected chi connectivity index (χ2v) is 2.43. The third kappa shape index (κ3) is 1.64. The number of hydrogen-bond donors (Lipinski definition) is 2. The molecule has 1 heterocycles. The molecular weight excluding hydrogens is 116 g/mol. The Morgan fingerprint density at radius 3 is 2.89 bits per heavy atom. The SMILES string of the molecule is CO[C@H]1CN[C@H](CN)C1. The normalized spacial score (nSPS) is 35.3. The van der Waals surface area contributed by atoms with Crippen molar-refractivity contribution in [2.45, 2.75) is 18.6 Å². The van der Waals surface area contributed by atoms with Crippen LogP contribution in [0.1, 0.15) is 6.42 Å². The van der Waals surface area contributed by atoms with Crippen LogP contribution in [0.2, 0.25) is 0 Å². The summed E-state index contributed by atoms with van der Waals surface area (Å²) in [4.78, 5) is 0. The Morgan fingerprint density at radius 1 is 1.78 bits per heavy atom. The van der Waals surface area contributed by atoms with Crippen LogP contribution < -0.4 is 11.1 Å². The van der Waals surface area contributed by atoms with Crippen LogP contribution in [0.25, 0.3) is 0 Å². The van der Waals surface area contributed by atoms with Crippen LogP contribution in [-0.2, 0) is 4.74 Å². The summed E-state index contributed by atoms with van der Waals surface area (Å²) in [5.41, 5.74) is 5.43. The van der Waals surface area contributed by atoms with E-state index in [1.165, 1.54) is 0 Å². The Morgan fingerprint density at radius 2 is 2.56 bits per heavy atom. The van der Waals surface area contributed by atoms with Gasteiger partial charge in [-0.25, -0.2) is 0 Å². The molecule has 1 aliphatic heterocycles. The zero-order chi connectivity index (χ0) is 6.69. The first-order valence-corrected chi connectivity index (χ1v) is 3.33. The van der Waals surface area contributed by atoms with Gasteiger partial charge in [0.1, 0.15) is 0 Å². The van der Waals surface area contributed by atoms with E-state index in [4.69, 9.17) is 10.5 Å². The van der Waals surface area contributed by atoms with Crippen molar-refractivity contribution < 1.29 is 4.74 Å². The molecule has 3 nitrogen and oxygen atoms in total. The van der Waals surface area contributed by atoms with Crippen molar-refractivity contribution in [2.24, 2.45) is 5.73 Å². The summed E-state index contributed by atoms with van der Waals surface area (Å²) in [5.74, 6) is 0. The van der Waals surface area contributed by atoms with E-state index in [-0.39, 0.29) is 0 Å². The van der Waals surface area contributed by atoms with E-state index in [0.717, 1.165) is 19.5 Å². The van der Waals surface area contributed by atoms with Crippen LogP contribution in [0.15, 0.2) is 0 Å². The lowest BCUT2D eigenvalue weighted by molar-refractivity contribution is 0.117. The summed E-state index contributed by atoms with van der Waals surface area (Å²) in [7, 11) is 1.74. The highest BCUT2D eigenvalue weighted by Crippen LogP contribution is 2.07. The molecule has 0 aromatic carbocycles. The molecule has 1 rings (SSSR count). The van der Waals surface area contributed by atoms with Crippen LogP contribution in [0.4, 0.5) is 0 Å². The maximum absolute atomic E-state index is 5.43. The van der Waals surface area contributed by atoms with Gasteiger partial charge in [0.25, 0.3) is 0 Å². The van der Waals surface area contributed by atoms with Gasteiger partial charge >= 0.3 is 0 Å². The summed E-state index contributed by atoms with van der Waals surface area (Å²) in [6.45, 7) is 1.68. The molecule has 3 N–H and O–H groups in total. The van der Waals surface area contributed by atoms with Gasteiger partial charge in [0.05, 0.1) is 6.10 Å². The Bertz CT molecular complexity index is 77.1. The molecule has 1 aliphatic rings. The number of methoxy groups -OCH3 is 1. The molecule has 2 atom stereocenters. The van der Waals surface area contributed by atoms with Gasteiger partial charge in [-0.2, -0.15) is 0 Å². The van der Waals surface area contributed by atoms with Crippen LogP contribution >= 0.6 is 0 Å². The van der Waals surface area contributed by atoms with Crippen molar-refractivity contribution in [3.63, 3.8) is 0 Å². The molecule has 0 aliphatic carbocycles. The number of ether oxygens (including phenoxy) is 1. The smallest absolute Gasteiger partial charge is 0.0711 e. The lowest BCUT2D eigenvalue weighted by atomic mass is 10.2. The largest absolute Gasteiger partial charge is 0.380 e. The molecule has 54 valence electrons. The first kappa shape index (κ1) is 6.99. The molecule has 0 spiro atoms. The minimum atomic E-state index is 0.388. The number of hydrogen-bond acceptors (Lipinski definition) is 3. The molecule has 0 aromatic heterocycles. The molecular formula is C6H14N2O. The average Bonchev–Trinajstić information content (AvgIpc) is 2.34. The van der Waals surface area contributed by atoms with Gasteiger partial charge in [-0.1, -0.05) is 0 Å². The fraction of sp³-hybridized carbons (Fsp3) is 1.00. The molecule has 0 saturated carbocycles. The lowest BCUT2D eigenvalue weighted by Gasteiger charge is -2.04. The highest BCUT2D eigenvalue weighted by atomic mass is 16.5. The minimum Gasteiger partial charge on any atom is -0.380 e. The van der Waals surface area contributed by atoms with Crippen LogP contribution in [0.3, 0.4) is 0 Å². The Hall–Kier alpha value is -0.120.